The van der Waals surface area contributed by atoms with Gasteiger partial charge in [-0.1, -0.05) is 30.3 Å². The van der Waals surface area contributed by atoms with E-state index in [1.54, 1.807) is 6.07 Å². The van der Waals surface area contributed by atoms with Gasteiger partial charge in [-0.15, -0.1) is 0 Å². The van der Waals surface area contributed by atoms with Crippen molar-refractivity contribution < 1.29 is 19.4 Å². The van der Waals surface area contributed by atoms with Gasteiger partial charge >= 0.3 is 5.97 Å². The fourth-order valence-corrected chi connectivity index (χ4v) is 3.81. The Morgan fingerprint density at radius 1 is 1.12 bits per heavy atom. The summed E-state index contributed by atoms with van der Waals surface area (Å²) in [6, 6.07) is 11.4. The first kappa shape index (κ1) is 20.6. The Morgan fingerprint density at radius 2 is 1.88 bits per heavy atom. The quantitative estimate of drug-likeness (QED) is 0.475. The maximum Gasteiger partial charge on any atom is 0.339 e. The van der Waals surface area contributed by atoms with Crippen LogP contribution in [0.4, 0.5) is 11.8 Å². The minimum absolute atomic E-state index is 0.0644. The molecular formula is C22H21N7O4. The van der Waals surface area contributed by atoms with Crippen LogP contribution in [0.3, 0.4) is 0 Å². The Morgan fingerprint density at radius 3 is 2.61 bits per heavy atom. The SMILES string of the molecule is Cn1ncc(C(=O)O)c1C(=O)Nc1cc2nc(-c3ccccc3)cn2c(N2CCOCC2)n1. The minimum atomic E-state index is -1.23. The smallest absolute Gasteiger partial charge is 0.339 e. The molecule has 3 aromatic heterocycles. The van der Waals surface area contributed by atoms with Crippen LogP contribution in [0.5, 0.6) is 0 Å². The molecule has 1 amide bonds. The third kappa shape index (κ3) is 3.89. The molecule has 4 heterocycles. The van der Waals surface area contributed by atoms with Crippen molar-refractivity contribution in [2.45, 2.75) is 0 Å². The first-order valence-electron chi connectivity index (χ1n) is 10.4. The summed E-state index contributed by atoms with van der Waals surface area (Å²) >= 11 is 0. The molecule has 33 heavy (non-hydrogen) atoms. The van der Waals surface area contributed by atoms with Crippen LogP contribution in [0.25, 0.3) is 16.9 Å². The maximum atomic E-state index is 12.9. The molecule has 0 spiro atoms. The molecule has 1 aliphatic rings. The van der Waals surface area contributed by atoms with Crippen LogP contribution in [-0.2, 0) is 11.8 Å². The van der Waals surface area contributed by atoms with E-state index in [0.29, 0.717) is 37.9 Å². The number of hydrogen-bond acceptors (Lipinski definition) is 7. The van der Waals surface area contributed by atoms with E-state index >= 15 is 0 Å². The molecule has 11 nitrogen and oxygen atoms in total. The first-order chi connectivity index (χ1) is 16.0. The monoisotopic (exact) mass is 447 g/mol. The van der Waals surface area contributed by atoms with E-state index in [-0.39, 0.29) is 17.1 Å². The number of aromatic carboxylic acids is 1. The van der Waals surface area contributed by atoms with Crippen LogP contribution in [0, 0.1) is 0 Å². The molecule has 2 N–H and O–H groups in total. The van der Waals surface area contributed by atoms with Crippen LogP contribution in [0.2, 0.25) is 0 Å². The Kier molecular flexibility index (Phi) is 5.23. The molecule has 1 aliphatic heterocycles. The second-order valence-electron chi connectivity index (χ2n) is 7.55. The molecule has 1 aromatic carbocycles. The summed E-state index contributed by atoms with van der Waals surface area (Å²) in [5.74, 6) is -0.973. The average molecular weight is 447 g/mol. The van der Waals surface area contributed by atoms with Crippen LogP contribution in [-0.4, -0.2) is 67.4 Å². The van der Waals surface area contributed by atoms with Gasteiger partial charge in [-0.3, -0.25) is 13.9 Å². The van der Waals surface area contributed by atoms with Crippen molar-refractivity contribution in [1.29, 1.82) is 0 Å². The van der Waals surface area contributed by atoms with E-state index in [9.17, 15) is 14.7 Å². The van der Waals surface area contributed by atoms with Crippen molar-refractivity contribution in [2.75, 3.05) is 36.5 Å². The lowest BCUT2D eigenvalue weighted by molar-refractivity contribution is 0.0692. The molecule has 0 unspecified atom stereocenters. The lowest BCUT2D eigenvalue weighted by atomic mass is 10.2. The molecule has 1 saturated heterocycles. The number of amides is 1. The van der Waals surface area contributed by atoms with E-state index < -0.39 is 11.9 Å². The summed E-state index contributed by atoms with van der Waals surface area (Å²) in [4.78, 5) is 35.9. The van der Waals surface area contributed by atoms with Gasteiger partial charge in [-0.25, -0.2) is 9.78 Å². The topological polar surface area (TPSA) is 127 Å². The lowest BCUT2D eigenvalue weighted by Crippen LogP contribution is -2.38. The number of imidazole rings is 1. The second kappa shape index (κ2) is 8.36. The fraction of sp³-hybridized carbons (Fsp3) is 0.227. The summed E-state index contributed by atoms with van der Waals surface area (Å²) in [5, 5.41) is 16.0. The summed E-state index contributed by atoms with van der Waals surface area (Å²) < 4.78 is 8.58. The minimum Gasteiger partial charge on any atom is -0.478 e. The number of nitrogens with one attached hydrogen (secondary N) is 1. The first-order valence-corrected chi connectivity index (χ1v) is 10.4. The van der Waals surface area contributed by atoms with E-state index in [2.05, 4.69) is 20.3 Å². The third-order valence-corrected chi connectivity index (χ3v) is 5.42. The Balaban J connectivity index is 1.57. The number of fused-ring (bicyclic) bond motifs is 1. The number of hydrogen-bond donors (Lipinski definition) is 2. The van der Waals surface area contributed by atoms with Crippen molar-refractivity contribution >= 4 is 29.3 Å². The number of carboxylic acids is 1. The number of aryl methyl sites for hydroxylation is 1. The second-order valence-corrected chi connectivity index (χ2v) is 7.55. The van der Waals surface area contributed by atoms with E-state index in [0.717, 1.165) is 17.5 Å². The molecular weight excluding hydrogens is 426 g/mol. The molecule has 5 rings (SSSR count). The number of rotatable bonds is 5. The van der Waals surface area contributed by atoms with E-state index in [4.69, 9.17) is 9.72 Å². The molecule has 0 saturated carbocycles. The van der Waals surface area contributed by atoms with Gasteiger partial charge in [0.2, 0.25) is 5.95 Å². The number of benzene rings is 1. The molecule has 168 valence electrons. The summed E-state index contributed by atoms with van der Waals surface area (Å²) in [7, 11) is 1.51. The van der Waals surface area contributed by atoms with Crippen LogP contribution in [0.15, 0.2) is 48.8 Å². The number of carboxylic acid groups (broad SMARTS) is 1. The highest BCUT2D eigenvalue weighted by molar-refractivity contribution is 6.09. The molecule has 1 fully saturated rings. The fourth-order valence-electron chi connectivity index (χ4n) is 3.81. The predicted molar refractivity (Wildman–Crippen MR) is 120 cm³/mol. The van der Waals surface area contributed by atoms with Gasteiger partial charge in [0, 0.05) is 38.0 Å². The molecule has 0 aliphatic carbocycles. The average Bonchev–Trinajstić information content (AvgIpc) is 3.43. The third-order valence-electron chi connectivity index (χ3n) is 5.42. The number of carbonyl (C=O) groups excluding carboxylic acids is 1. The van der Waals surface area contributed by atoms with Gasteiger partial charge in [0.25, 0.3) is 5.91 Å². The van der Waals surface area contributed by atoms with Gasteiger partial charge in [-0.05, 0) is 0 Å². The van der Waals surface area contributed by atoms with E-state index in [1.807, 2.05) is 40.9 Å². The van der Waals surface area contributed by atoms with Gasteiger partial charge in [0.15, 0.2) is 0 Å². The van der Waals surface area contributed by atoms with Crippen LogP contribution in [0.1, 0.15) is 20.8 Å². The predicted octanol–water partition coefficient (Wildman–Crippen LogP) is 1.92. The van der Waals surface area contributed by atoms with Crippen LogP contribution < -0.4 is 10.2 Å². The Bertz CT molecular complexity index is 1340. The highest BCUT2D eigenvalue weighted by atomic mass is 16.5. The van der Waals surface area contributed by atoms with Gasteiger partial charge in [0.05, 0.1) is 25.1 Å². The number of carbonyl (C=O) groups is 2. The number of nitrogens with zero attached hydrogens (tertiary/aromatic N) is 6. The highest BCUT2D eigenvalue weighted by Crippen LogP contribution is 2.25. The maximum absolute atomic E-state index is 12.9. The molecule has 11 heteroatoms. The molecule has 4 aromatic rings. The number of anilines is 2. The van der Waals surface area contributed by atoms with Crippen molar-refractivity contribution in [3.63, 3.8) is 0 Å². The summed E-state index contributed by atoms with van der Waals surface area (Å²) in [6.45, 7) is 2.42. The number of ether oxygens (including phenoxy) is 1. The zero-order valence-corrected chi connectivity index (χ0v) is 17.8. The van der Waals surface area contributed by atoms with Gasteiger partial charge < -0.3 is 20.1 Å². The molecule has 0 bridgehead atoms. The lowest BCUT2D eigenvalue weighted by Gasteiger charge is -2.28. The van der Waals surface area contributed by atoms with Crippen LogP contribution >= 0.6 is 0 Å². The Labute approximate surface area is 188 Å². The number of aromatic nitrogens is 5. The van der Waals surface area contributed by atoms with Crippen molar-refractivity contribution in [1.82, 2.24) is 24.1 Å². The standard InChI is InChI=1S/C22H21N7O4/c1-27-19(15(12-23-27)21(31)32)20(30)25-17-11-18-24-16(14-5-3-2-4-6-14)13-29(18)22(26-17)28-7-9-33-10-8-28/h2-6,11-13H,7-10H2,1H3,(H,25,30)(H,31,32). The summed E-state index contributed by atoms with van der Waals surface area (Å²) in [5.41, 5.74) is 2.09. The molecule has 0 atom stereocenters. The number of morpholine rings is 1. The highest BCUT2D eigenvalue weighted by Gasteiger charge is 2.24. The van der Waals surface area contributed by atoms with Crippen molar-refractivity contribution in [2.24, 2.45) is 7.05 Å². The van der Waals surface area contributed by atoms with Gasteiger partial charge in [0.1, 0.15) is 22.7 Å². The Hall–Kier alpha value is -4.25. The van der Waals surface area contributed by atoms with E-state index in [1.165, 1.54) is 11.7 Å². The molecule has 0 radical (unpaired) electrons. The normalized spacial score (nSPS) is 13.9. The largest absolute Gasteiger partial charge is 0.478 e. The zero-order valence-electron chi connectivity index (χ0n) is 17.8. The van der Waals surface area contributed by atoms with Gasteiger partial charge in [-0.2, -0.15) is 10.1 Å². The zero-order chi connectivity index (χ0) is 22.9. The summed E-state index contributed by atoms with van der Waals surface area (Å²) in [6.07, 6.45) is 3.06. The van der Waals surface area contributed by atoms with Crippen molar-refractivity contribution in [3.8, 4) is 11.3 Å². The van der Waals surface area contributed by atoms with Crippen molar-refractivity contribution in [3.05, 3.63) is 60.0 Å².